The number of fused-ring (bicyclic) bond motifs is 1. The fraction of sp³-hybridized carbons (Fsp3) is 0.300. The molecule has 1 atom stereocenters. The Morgan fingerprint density at radius 1 is 1.54 bits per heavy atom. The predicted octanol–water partition coefficient (Wildman–Crippen LogP) is 2.01. The molecule has 0 aliphatic carbocycles. The second kappa shape index (κ2) is 3.04. The van der Waals surface area contributed by atoms with Crippen molar-refractivity contribution in [2.24, 2.45) is 0 Å². The van der Waals surface area contributed by atoms with Crippen molar-refractivity contribution in [1.29, 1.82) is 0 Å². The topological polar surface area (TPSA) is 29.1 Å². The summed E-state index contributed by atoms with van der Waals surface area (Å²) in [6, 6.07) is 5.79. The van der Waals surface area contributed by atoms with E-state index >= 15 is 0 Å². The molecular weight excluding hydrogens is 186 g/mol. The lowest BCUT2D eigenvalue weighted by atomic mass is 9.96. The lowest BCUT2D eigenvalue weighted by molar-refractivity contribution is 0.0929. The minimum Gasteiger partial charge on any atom is -0.349 e. The maximum Gasteiger partial charge on any atom is 0.253 e. The molecule has 1 aromatic carbocycles. The molecule has 0 spiro atoms. The summed E-state index contributed by atoms with van der Waals surface area (Å²) in [7, 11) is 0. The zero-order valence-electron chi connectivity index (χ0n) is 7.30. The van der Waals surface area contributed by atoms with Gasteiger partial charge in [0.1, 0.15) is 0 Å². The maximum absolute atomic E-state index is 11.5. The van der Waals surface area contributed by atoms with E-state index in [1.54, 1.807) is 6.07 Å². The van der Waals surface area contributed by atoms with Crippen molar-refractivity contribution in [2.45, 2.75) is 19.4 Å². The molecule has 13 heavy (non-hydrogen) atoms. The van der Waals surface area contributed by atoms with Crippen molar-refractivity contribution in [2.75, 3.05) is 0 Å². The normalized spacial score (nSPS) is 20.8. The highest BCUT2D eigenvalue weighted by Crippen LogP contribution is 2.24. The van der Waals surface area contributed by atoms with Crippen LogP contribution in [0.15, 0.2) is 18.2 Å². The van der Waals surface area contributed by atoms with Crippen LogP contribution < -0.4 is 5.32 Å². The summed E-state index contributed by atoms with van der Waals surface area (Å²) in [6.07, 6.45) is 0.863. The largest absolute Gasteiger partial charge is 0.349 e. The summed E-state index contributed by atoms with van der Waals surface area (Å²) in [6.45, 7) is 1.99. The zero-order chi connectivity index (χ0) is 9.42. The molecule has 1 unspecified atom stereocenters. The molecule has 1 aromatic rings. The molecule has 0 aromatic heterocycles. The van der Waals surface area contributed by atoms with E-state index in [4.69, 9.17) is 11.6 Å². The van der Waals surface area contributed by atoms with Gasteiger partial charge in [0.2, 0.25) is 0 Å². The molecule has 0 saturated carbocycles. The highest BCUT2D eigenvalue weighted by molar-refractivity contribution is 6.34. The van der Waals surface area contributed by atoms with E-state index in [0.717, 1.165) is 12.0 Å². The molecule has 0 fully saturated rings. The summed E-state index contributed by atoms with van der Waals surface area (Å²) >= 11 is 5.92. The van der Waals surface area contributed by atoms with Gasteiger partial charge in [0.25, 0.3) is 5.91 Å². The van der Waals surface area contributed by atoms with Gasteiger partial charge in [-0.1, -0.05) is 23.7 Å². The number of benzene rings is 1. The van der Waals surface area contributed by atoms with E-state index in [1.807, 2.05) is 19.1 Å². The average Bonchev–Trinajstić information content (AvgIpc) is 2.02. The van der Waals surface area contributed by atoms with Crippen molar-refractivity contribution >= 4 is 17.5 Å². The molecule has 2 nitrogen and oxygen atoms in total. The van der Waals surface area contributed by atoms with Crippen LogP contribution in [-0.4, -0.2) is 11.9 Å². The SMILES string of the molecule is CC1Cc2cccc(Cl)c2C(=O)N1. The van der Waals surface area contributed by atoms with Crippen LogP contribution in [0.4, 0.5) is 0 Å². The summed E-state index contributed by atoms with van der Waals surface area (Å²) in [5, 5.41) is 3.40. The molecule has 0 radical (unpaired) electrons. The van der Waals surface area contributed by atoms with Crippen molar-refractivity contribution in [3.8, 4) is 0 Å². The van der Waals surface area contributed by atoms with Crippen LogP contribution in [0.25, 0.3) is 0 Å². The van der Waals surface area contributed by atoms with Crippen LogP contribution in [0.3, 0.4) is 0 Å². The Morgan fingerprint density at radius 2 is 2.31 bits per heavy atom. The van der Waals surface area contributed by atoms with Crippen molar-refractivity contribution in [3.05, 3.63) is 34.3 Å². The van der Waals surface area contributed by atoms with E-state index in [9.17, 15) is 4.79 Å². The van der Waals surface area contributed by atoms with Crippen LogP contribution in [-0.2, 0) is 6.42 Å². The van der Waals surface area contributed by atoms with E-state index in [1.165, 1.54) is 0 Å². The van der Waals surface area contributed by atoms with Crippen LogP contribution >= 0.6 is 11.6 Å². The minimum absolute atomic E-state index is 0.0562. The first-order chi connectivity index (χ1) is 6.18. The van der Waals surface area contributed by atoms with Gasteiger partial charge in [-0.2, -0.15) is 0 Å². The Kier molecular flexibility index (Phi) is 2.00. The Morgan fingerprint density at radius 3 is 3.08 bits per heavy atom. The Hall–Kier alpha value is -1.02. The molecule has 0 bridgehead atoms. The van der Waals surface area contributed by atoms with Gasteiger partial charge in [-0.3, -0.25) is 4.79 Å². The molecule has 1 heterocycles. The zero-order valence-corrected chi connectivity index (χ0v) is 8.06. The van der Waals surface area contributed by atoms with E-state index in [0.29, 0.717) is 10.6 Å². The number of rotatable bonds is 0. The molecule has 1 aliphatic heterocycles. The third-order valence-electron chi connectivity index (χ3n) is 2.23. The Balaban J connectivity index is 2.55. The fourth-order valence-electron chi connectivity index (χ4n) is 1.67. The summed E-state index contributed by atoms with van der Waals surface area (Å²) in [5.74, 6) is -0.0562. The Labute approximate surface area is 81.9 Å². The Bertz CT molecular complexity index is 362. The van der Waals surface area contributed by atoms with E-state index in [2.05, 4.69) is 5.32 Å². The van der Waals surface area contributed by atoms with Gasteiger partial charge >= 0.3 is 0 Å². The summed E-state index contributed by atoms with van der Waals surface area (Å²) < 4.78 is 0. The standard InChI is InChI=1S/C10H10ClNO/c1-6-5-7-3-2-4-8(11)9(7)10(13)12-6/h2-4,6H,5H2,1H3,(H,12,13). The van der Waals surface area contributed by atoms with Gasteiger partial charge in [0, 0.05) is 6.04 Å². The second-order valence-corrected chi connectivity index (χ2v) is 3.76. The first kappa shape index (κ1) is 8.57. The van der Waals surface area contributed by atoms with E-state index < -0.39 is 0 Å². The predicted molar refractivity (Wildman–Crippen MR) is 52.1 cm³/mol. The first-order valence-corrected chi connectivity index (χ1v) is 4.64. The van der Waals surface area contributed by atoms with Crippen molar-refractivity contribution in [3.63, 3.8) is 0 Å². The molecule has 0 saturated heterocycles. The molecule has 3 heteroatoms. The number of carbonyl (C=O) groups is 1. The van der Waals surface area contributed by atoms with Gasteiger partial charge in [-0.05, 0) is 25.0 Å². The smallest absolute Gasteiger partial charge is 0.253 e. The van der Waals surface area contributed by atoms with Crippen molar-refractivity contribution < 1.29 is 4.79 Å². The van der Waals surface area contributed by atoms with E-state index in [-0.39, 0.29) is 11.9 Å². The molecule has 1 aliphatic rings. The molecule has 2 rings (SSSR count). The van der Waals surface area contributed by atoms with Crippen LogP contribution in [0.5, 0.6) is 0 Å². The van der Waals surface area contributed by atoms with Gasteiger partial charge in [0.15, 0.2) is 0 Å². The van der Waals surface area contributed by atoms with Crippen LogP contribution in [0, 0.1) is 0 Å². The first-order valence-electron chi connectivity index (χ1n) is 4.26. The highest BCUT2D eigenvalue weighted by Gasteiger charge is 2.22. The lowest BCUT2D eigenvalue weighted by Crippen LogP contribution is -2.39. The monoisotopic (exact) mass is 195 g/mol. The number of hydrogen-bond donors (Lipinski definition) is 1. The molecule has 68 valence electrons. The third kappa shape index (κ3) is 1.42. The molecule has 1 N–H and O–H groups in total. The van der Waals surface area contributed by atoms with Crippen molar-refractivity contribution in [1.82, 2.24) is 5.32 Å². The average molecular weight is 196 g/mol. The van der Waals surface area contributed by atoms with Gasteiger partial charge in [-0.25, -0.2) is 0 Å². The highest BCUT2D eigenvalue weighted by atomic mass is 35.5. The number of nitrogens with one attached hydrogen (secondary N) is 1. The summed E-state index contributed by atoms with van der Waals surface area (Å²) in [4.78, 5) is 11.5. The number of carbonyl (C=O) groups excluding carboxylic acids is 1. The van der Waals surface area contributed by atoms with Crippen LogP contribution in [0.1, 0.15) is 22.8 Å². The third-order valence-corrected chi connectivity index (χ3v) is 2.55. The van der Waals surface area contributed by atoms with Gasteiger partial charge < -0.3 is 5.32 Å². The second-order valence-electron chi connectivity index (χ2n) is 3.35. The number of hydrogen-bond acceptors (Lipinski definition) is 1. The quantitative estimate of drug-likeness (QED) is 0.674. The van der Waals surface area contributed by atoms with Gasteiger partial charge in [0.05, 0.1) is 10.6 Å². The number of halogens is 1. The molecule has 1 amide bonds. The van der Waals surface area contributed by atoms with Crippen LogP contribution in [0.2, 0.25) is 5.02 Å². The van der Waals surface area contributed by atoms with Gasteiger partial charge in [-0.15, -0.1) is 0 Å². The lowest BCUT2D eigenvalue weighted by Gasteiger charge is -2.22. The maximum atomic E-state index is 11.5. The number of amides is 1. The molecular formula is C10H10ClNO. The minimum atomic E-state index is -0.0562. The summed E-state index contributed by atoms with van der Waals surface area (Å²) in [5.41, 5.74) is 1.69. The fourth-order valence-corrected chi connectivity index (χ4v) is 1.95.